The maximum atomic E-state index is 14.3. The molecule has 3 heterocycles. The molecular formula is C23H17ClFN3O8. The fraction of sp³-hybridized carbons (Fsp3) is 0.217. The standard InChI is InChI=1S/C23H17ClFN3O8/c1-12(29)35-17-9-18(26-10-15(17)24)36-22(32)14-5-2-4-13(8-14)20(30)28-21(31)16(25)11-27(23(28)33)19-6-3-7-34-19/h2,4-5,8-11,19H,3,6-7H2,1H3. The van der Waals surface area contributed by atoms with Crippen molar-refractivity contribution in [2.24, 2.45) is 0 Å². The van der Waals surface area contributed by atoms with Crippen LogP contribution in [0.3, 0.4) is 0 Å². The van der Waals surface area contributed by atoms with Gasteiger partial charge in [0.15, 0.2) is 5.75 Å². The molecule has 11 nitrogen and oxygen atoms in total. The Bertz CT molecular complexity index is 1490. The molecule has 1 unspecified atom stereocenters. The Labute approximate surface area is 206 Å². The third-order valence-electron chi connectivity index (χ3n) is 5.08. The molecule has 13 heteroatoms. The van der Waals surface area contributed by atoms with Gasteiger partial charge in [-0.15, -0.1) is 0 Å². The SMILES string of the molecule is CC(=O)Oc1cc(OC(=O)c2cccc(C(=O)n3c(=O)c(F)cn(C4CCCO4)c3=O)c2)ncc1Cl. The molecule has 0 amide bonds. The maximum Gasteiger partial charge on any atom is 0.344 e. The number of benzene rings is 1. The second-order valence-corrected chi connectivity index (χ2v) is 8.00. The monoisotopic (exact) mass is 517 g/mol. The minimum absolute atomic E-state index is 0.00629. The molecular weight excluding hydrogens is 501 g/mol. The topological polar surface area (TPSA) is 136 Å². The van der Waals surface area contributed by atoms with Gasteiger partial charge in [-0.1, -0.05) is 17.7 Å². The number of hydrogen-bond donors (Lipinski definition) is 0. The smallest absolute Gasteiger partial charge is 0.344 e. The molecule has 0 radical (unpaired) electrons. The summed E-state index contributed by atoms with van der Waals surface area (Å²) in [6.45, 7) is 1.51. The molecule has 1 aromatic carbocycles. The first-order valence-electron chi connectivity index (χ1n) is 10.5. The number of nitrogens with zero attached hydrogens (tertiary/aromatic N) is 3. The Balaban J connectivity index is 1.63. The van der Waals surface area contributed by atoms with E-state index < -0.39 is 41.1 Å². The van der Waals surface area contributed by atoms with Crippen molar-refractivity contribution in [3.05, 3.63) is 85.5 Å². The van der Waals surface area contributed by atoms with E-state index in [1.807, 2.05) is 0 Å². The Morgan fingerprint density at radius 3 is 2.61 bits per heavy atom. The van der Waals surface area contributed by atoms with Crippen LogP contribution >= 0.6 is 11.6 Å². The highest BCUT2D eigenvalue weighted by molar-refractivity contribution is 6.32. The molecule has 0 bridgehead atoms. The minimum Gasteiger partial charge on any atom is -0.425 e. The van der Waals surface area contributed by atoms with Crippen molar-refractivity contribution in [3.63, 3.8) is 0 Å². The molecule has 1 aliphatic heterocycles. The zero-order valence-electron chi connectivity index (χ0n) is 18.6. The van der Waals surface area contributed by atoms with E-state index in [2.05, 4.69) is 4.98 Å². The molecule has 1 aliphatic rings. The van der Waals surface area contributed by atoms with Gasteiger partial charge in [0, 0.05) is 25.2 Å². The summed E-state index contributed by atoms with van der Waals surface area (Å²) in [5.74, 6) is -4.41. The molecule has 0 N–H and O–H groups in total. The summed E-state index contributed by atoms with van der Waals surface area (Å²) in [4.78, 5) is 65.9. The van der Waals surface area contributed by atoms with Gasteiger partial charge in [0.2, 0.25) is 11.7 Å². The highest BCUT2D eigenvalue weighted by Gasteiger charge is 2.25. The van der Waals surface area contributed by atoms with E-state index in [0.717, 1.165) is 29.8 Å². The molecule has 2 aromatic heterocycles. The summed E-state index contributed by atoms with van der Waals surface area (Å²) in [6, 6.07) is 6.05. The molecule has 3 aromatic rings. The molecule has 0 saturated carbocycles. The molecule has 0 aliphatic carbocycles. The fourth-order valence-electron chi connectivity index (χ4n) is 3.46. The van der Waals surface area contributed by atoms with Crippen molar-refractivity contribution in [1.82, 2.24) is 14.1 Å². The summed E-state index contributed by atoms with van der Waals surface area (Å²) in [5.41, 5.74) is -2.90. The van der Waals surface area contributed by atoms with Crippen molar-refractivity contribution >= 4 is 29.4 Å². The van der Waals surface area contributed by atoms with E-state index in [-0.39, 0.29) is 32.3 Å². The summed E-state index contributed by atoms with van der Waals surface area (Å²) in [7, 11) is 0. The second-order valence-electron chi connectivity index (χ2n) is 7.60. The predicted octanol–water partition coefficient (Wildman–Crippen LogP) is 2.34. The van der Waals surface area contributed by atoms with Crippen LogP contribution in [0, 0.1) is 5.82 Å². The number of rotatable bonds is 5. The van der Waals surface area contributed by atoms with E-state index in [0.29, 0.717) is 25.6 Å². The quantitative estimate of drug-likeness (QED) is 0.467. The maximum absolute atomic E-state index is 14.3. The predicted molar refractivity (Wildman–Crippen MR) is 121 cm³/mol. The van der Waals surface area contributed by atoms with E-state index in [1.54, 1.807) is 0 Å². The lowest BCUT2D eigenvalue weighted by Gasteiger charge is -2.15. The van der Waals surface area contributed by atoms with Crippen LogP contribution in [0.15, 0.2) is 52.3 Å². The van der Waals surface area contributed by atoms with E-state index in [9.17, 15) is 28.4 Å². The van der Waals surface area contributed by atoms with Crippen LogP contribution in [0.1, 0.15) is 46.7 Å². The number of aromatic nitrogens is 3. The number of carbonyl (C=O) groups is 3. The third-order valence-corrected chi connectivity index (χ3v) is 5.37. The second kappa shape index (κ2) is 10.2. The molecule has 1 saturated heterocycles. The Kier molecular flexibility index (Phi) is 7.08. The average Bonchev–Trinajstić information content (AvgIpc) is 3.38. The van der Waals surface area contributed by atoms with Gasteiger partial charge in [0.1, 0.15) is 11.3 Å². The number of ether oxygens (including phenoxy) is 3. The van der Waals surface area contributed by atoms with Crippen molar-refractivity contribution < 1.29 is 33.0 Å². The first-order valence-corrected chi connectivity index (χ1v) is 10.9. The van der Waals surface area contributed by atoms with Gasteiger partial charge in [-0.3, -0.25) is 19.0 Å². The zero-order valence-corrected chi connectivity index (χ0v) is 19.4. The van der Waals surface area contributed by atoms with Gasteiger partial charge in [-0.25, -0.2) is 14.6 Å². The van der Waals surface area contributed by atoms with Gasteiger partial charge < -0.3 is 14.2 Å². The number of pyridine rings is 1. The first kappa shape index (κ1) is 24.9. The van der Waals surface area contributed by atoms with Crippen LogP contribution in [-0.4, -0.2) is 38.6 Å². The van der Waals surface area contributed by atoms with Crippen LogP contribution in [0.5, 0.6) is 11.6 Å². The lowest BCUT2D eigenvalue weighted by atomic mass is 10.1. The molecule has 186 valence electrons. The van der Waals surface area contributed by atoms with Gasteiger partial charge in [-0.2, -0.15) is 8.96 Å². The number of halogens is 2. The fourth-order valence-corrected chi connectivity index (χ4v) is 3.60. The van der Waals surface area contributed by atoms with Crippen LogP contribution in [0.2, 0.25) is 5.02 Å². The number of hydrogen-bond acceptors (Lipinski definition) is 9. The normalized spacial score (nSPS) is 14.9. The van der Waals surface area contributed by atoms with E-state index >= 15 is 0 Å². The molecule has 1 fully saturated rings. The van der Waals surface area contributed by atoms with Crippen LogP contribution in [0.4, 0.5) is 4.39 Å². The Hall–Kier alpha value is -4.16. The summed E-state index contributed by atoms with van der Waals surface area (Å²) < 4.78 is 30.7. The third kappa shape index (κ3) is 5.09. The number of esters is 2. The largest absolute Gasteiger partial charge is 0.425 e. The molecule has 36 heavy (non-hydrogen) atoms. The van der Waals surface area contributed by atoms with Crippen molar-refractivity contribution in [3.8, 4) is 11.6 Å². The van der Waals surface area contributed by atoms with Gasteiger partial charge in [-0.05, 0) is 31.0 Å². The summed E-state index contributed by atoms with van der Waals surface area (Å²) in [6.07, 6.45) is 2.04. The van der Waals surface area contributed by atoms with Crippen molar-refractivity contribution in [2.75, 3.05) is 6.61 Å². The van der Waals surface area contributed by atoms with Crippen LogP contribution in [-0.2, 0) is 9.53 Å². The Morgan fingerprint density at radius 1 is 1.17 bits per heavy atom. The lowest BCUT2D eigenvalue weighted by molar-refractivity contribution is -0.131. The highest BCUT2D eigenvalue weighted by atomic mass is 35.5. The lowest BCUT2D eigenvalue weighted by Crippen LogP contribution is -2.46. The number of carbonyl (C=O) groups excluding carboxylic acids is 3. The van der Waals surface area contributed by atoms with Gasteiger partial charge in [0.25, 0.3) is 11.5 Å². The molecule has 1 atom stereocenters. The van der Waals surface area contributed by atoms with Crippen molar-refractivity contribution in [1.29, 1.82) is 0 Å². The Morgan fingerprint density at radius 2 is 1.92 bits per heavy atom. The van der Waals surface area contributed by atoms with Crippen LogP contribution < -0.4 is 20.7 Å². The molecule has 0 spiro atoms. The average molecular weight is 518 g/mol. The van der Waals surface area contributed by atoms with Gasteiger partial charge in [0.05, 0.1) is 18.0 Å². The van der Waals surface area contributed by atoms with Crippen molar-refractivity contribution in [2.45, 2.75) is 26.0 Å². The minimum atomic E-state index is -1.43. The van der Waals surface area contributed by atoms with Gasteiger partial charge >= 0.3 is 17.6 Å². The van der Waals surface area contributed by atoms with E-state index in [1.165, 1.54) is 18.2 Å². The first-order chi connectivity index (χ1) is 17.2. The summed E-state index contributed by atoms with van der Waals surface area (Å²) in [5, 5.41) is 0.00629. The van der Waals surface area contributed by atoms with Crippen LogP contribution in [0.25, 0.3) is 0 Å². The highest BCUT2D eigenvalue weighted by Crippen LogP contribution is 2.27. The summed E-state index contributed by atoms with van der Waals surface area (Å²) >= 11 is 5.89. The molecule has 4 rings (SSSR count). The zero-order chi connectivity index (χ0) is 26.0. The van der Waals surface area contributed by atoms with E-state index in [4.69, 9.17) is 25.8 Å².